The average molecular weight is 292 g/mol. The van der Waals surface area contributed by atoms with Crippen molar-refractivity contribution in [3.63, 3.8) is 0 Å². The molecule has 2 unspecified atom stereocenters. The number of rotatable bonds is 6. The second kappa shape index (κ2) is 7.43. The molecular formula is C16H24N2O3. The normalized spacial score (nSPS) is 18.8. The van der Waals surface area contributed by atoms with Crippen molar-refractivity contribution < 1.29 is 14.6 Å². The van der Waals surface area contributed by atoms with Crippen LogP contribution in [0.15, 0.2) is 24.3 Å². The number of ether oxygens (including phenoxy) is 1. The van der Waals surface area contributed by atoms with Crippen molar-refractivity contribution in [3.8, 4) is 5.75 Å². The van der Waals surface area contributed by atoms with Crippen molar-refractivity contribution in [3.05, 3.63) is 29.8 Å². The van der Waals surface area contributed by atoms with E-state index in [1.54, 1.807) is 6.92 Å². The number of likely N-dealkylation sites (N-methyl/N-ethyl adjacent to an activating group) is 1. The fourth-order valence-electron chi connectivity index (χ4n) is 2.46. The first-order valence-electron chi connectivity index (χ1n) is 7.44. The fraction of sp³-hybridized carbons (Fsp3) is 0.562. The molecule has 5 heteroatoms. The first kappa shape index (κ1) is 15.8. The van der Waals surface area contributed by atoms with E-state index in [9.17, 15) is 9.90 Å². The zero-order valence-electron chi connectivity index (χ0n) is 12.7. The van der Waals surface area contributed by atoms with Gasteiger partial charge in [-0.3, -0.25) is 9.69 Å². The first-order chi connectivity index (χ1) is 10.1. The molecule has 1 aromatic rings. The number of hydrogen-bond acceptors (Lipinski definition) is 4. The molecule has 0 aliphatic carbocycles. The highest BCUT2D eigenvalue weighted by molar-refractivity contribution is 5.78. The number of fused-ring (bicyclic) bond motifs is 1. The lowest BCUT2D eigenvalue weighted by molar-refractivity contribution is -0.123. The molecule has 2 atom stereocenters. The minimum atomic E-state index is -0.335. The molecule has 5 nitrogen and oxygen atoms in total. The second-order valence-corrected chi connectivity index (χ2v) is 5.67. The van der Waals surface area contributed by atoms with Gasteiger partial charge < -0.3 is 15.2 Å². The molecule has 1 aliphatic heterocycles. The lowest BCUT2D eigenvalue weighted by Crippen LogP contribution is -2.39. The van der Waals surface area contributed by atoms with Crippen LogP contribution in [-0.2, 0) is 4.79 Å². The van der Waals surface area contributed by atoms with Crippen LogP contribution in [0.25, 0.3) is 0 Å². The van der Waals surface area contributed by atoms with E-state index in [1.165, 1.54) is 0 Å². The Hall–Kier alpha value is -1.59. The molecule has 2 N–H and O–H groups in total. The van der Waals surface area contributed by atoms with Gasteiger partial charge in [0.05, 0.1) is 25.3 Å². The molecule has 0 saturated heterocycles. The number of aliphatic hydroxyl groups excluding tert-OH is 1. The minimum absolute atomic E-state index is 0.00444. The van der Waals surface area contributed by atoms with Crippen LogP contribution in [0.3, 0.4) is 0 Å². The number of nitrogens with one attached hydrogen (secondary N) is 1. The van der Waals surface area contributed by atoms with E-state index in [4.69, 9.17) is 4.74 Å². The van der Waals surface area contributed by atoms with Gasteiger partial charge in [0.25, 0.3) is 0 Å². The van der Waals surface area contributed by atoms with Crippen molar-refractivity contribution in [2.24, 2.45) is 0 Å². The van der Waals surface area contributed by atoms with Crippen LogP contribution < -0.4 is 10.1 Å². The van der Waals surface area contributed by atoms with Gasteiger partial charge in [-0.05, 0) is 26.5 Å². The molecular weight excluding hydrogens is 268 g/mol. The number of amides is 1. The summed E-state index contributed by atoms with van der Waals surface area (Å²) in [5, 5.41) is 12.3. The summed E-state index contributed by atoms with van der Waals surface area (Å²) in [6.45, 7) is 3.42. The monoisotopic (exact) mass is 292 g/mol. The second-order valence-electron chi connectivity index (χ2n) is 5.67. The maximum atomic E-state index is 12.1. The zero-order chi connectivity index (χ0) is 15.2. The van der Waals surface area contributed by atoms with E-state index in [0.717, 1.165) is 17.7 Å². The van der Waals surface area contributed by atoms with Crippen molar-refractivity contribution >= 4 is 5.91 Å². The maximum Gasteiger partial charge on any atom is 0.234 e. The van der Waals surface area contributed by atoms with Crippen molar-refractivity contribution in [2.45, 2.75) is 31.9 Å². The van der Waals surface area contributed by atoms with Gasteiger partial charge in [0.2, 0.25) is 5.91 Å². The summed E-state index contributed by atoms with van der Waals surface area (Å²) in [5.74, 6) is 0.862. The van der Waals surface area contributed by atoms with Gasteiger partial charge in [-0.2, -0.15) is 0 Å². The Balaban J connectivity index is 1.86. The number of aliphatic hydroxyl groups is 1. The standard InChI is InChI=1S/C16H24N2O3/c1-12(19)7-9-18(2)11-16(20)17-14-8-10-21-15-6-4-3-5-13(14)15/h3-6,12,14,19H,7-11H2,1-2H3,(H,17,20). The Kier molecular flexibility index (Phi) is 5.59. The van der Waals surface area contributed by atoms with Gasteiger partial charge in [0, 0.05) is 18.5 Å². The molecule has 0 fully saturated rings. The quantitative estimate of drug-likeness (QED) is 0.830. The molecule has 1 aromatic carbocycles. The molecule has 1 amide bonds. The molecule has 116 valence electrons. The highest BCUT2D eigenvalue weighted by atomic mass is 16.5. The highest BCUT2D eigenvalue weighted by Crippen LogP contribution is 2.31. The van der Waals surface area contributed by atoms with Gasteiger partial charge in [0.1, 0.15) is 5.75 Å². The van der Waals surface area contributed by atoms with Gasteiger partial charge in [-0.25, -0.2) is 0 Å². The van der Waals surface area contributed by atoms with Crippen LogP contribution in [-0.4, -0.2) is 48.8 Å². The molecule has 0 spiro atoms. The number of carbonyl (C=O) groups excluding carboxylic acids is 1. The van der Waals surface area contributed by atoms with E-state index in [1.807, 2.05) is 36.2 Å². The van der Waals surface area contributed by atoms with E-state index in [-0.39, 0.29) is 18.1 Å². The van der Waals surface area contributed by atoms with E-state index < -0.39 is 0 Å². The molecule has 0 bridgehead atoms. The zero-order valence-corrected chi connectivity index (χ0v) is 12.7. The Morgan fingerprint density at radius 3 is 3.05 bits per heavy atom. The van der Waals surface area contributed by atoms with Crippen LogP contribution in [0, 0.1) is 0 Å². The average Bonchev–Trinajstić information content (AvgIpc) is 2.45. The summed E-state index contributed by atoms with van der Waals surface area (Å²) in [4.78, 5) is 14.0. The Morgan fingerprint density at radius 1 is 1.52 bits per heavy atom. The Labute approximate surface area is 125 Å². The van der Waals surface area contributed by atoms with E-state index in [2.05, 4.69) is 5.32 Å². The maximum absolute atomic E-state index is 12.1. The van der Waals surface area contributed by atoms with Crippen molar-refractivity contribution in [2.75, 3.05) is 26.7 Å². The summed E-state index contributed by atoms with van der Waals surface area (Å²) in [7, 11) is 1.89. The van der Waals surface area contributed by atoms with Crippen LogP contribution in [0.2, 0.25) is 0 Å². The van der Waals surface area contributed by atoms with Crippen LogP contribution in [0.5, 0.6) is 5.75 Å². The SMILES string of the molecule is CC(O)CCN(C)CC(=O)NC1CCOc2ccccc21. The molecule has 1 heterocycles. The third kappa shape index (κ3) is 4.72. The number of para-hydroxylation sites is 1. The van der Waals surface area contributed by atoms with Gasteiger partial charge in [0.15, 0.2) is 0 Å². The van der Waals surface area contributed by atoms with E-state index in [0.29, 0.717) is 26.1 Å². The summed E-state index contributed by atoms with van der Waals surface area (Å²) in [6, 6.07) is 7.85. The Morgan fingerprint density at radius 2 is 2.29 bits per heavy atom. The predicted molar refractivity (Wildman–Crippen MR) is 81.2 cm³/mol. The molecule has 21 heavy (non-hydrogen) atoms. The Bertz CT molecular complexity index is 476. The number of benzene rings is 1. The van der Waals surface area contributed by atoms with Crippen LogP contribution in [0.1, 0.15) is 31.4 Å². The molecule has 0 saturated carbocycles. The lowest BCUT2D eigenvalue weighted by Gasteiger charge is -2.27. The molecule has 0 aromatic heterocycles. The third-order valence-corrected chi connectivity index (χ3v) is 3.64. The summed E-state index contributed by atoms with van der Waals surface area (Å²) in [6.07, 6.45) is 1.13. The first-order valence-corrected chi connectivity index (χ1v) is 7.44. The van der Waals surface area contributed by atoms with Crippen LogP contribution >= 0.6 is 0 Å². The van der Waals surface area contributed by atoms with Gasteiger partial charge in [-0.15, -0.1) is 0 Å². The number of carbonyl (C=O) groups is 1. The van der Waals surface area contributed by atoms with Gasteiger partial charge in [-0.1, -0.05) is 18.2 Å². The number of hydrogen-bond donors (Lipinski definition) is 2. The largest absolute Gasteiger partial charge is 0.493 e. The lowest BCUT2D eigenvalue weighted by atomic mass is 10.0. The third-order valence-electron chi connectivity index (χ3n) is 3.64. The molecule has 2 rings (SSSR count). The fourth-order valence-corrected chi connectivity index (χ4v) is 2.46. The molecule has 0 radical (unpaired) electrons. The summed E-state index contributed by atoms with van der Waals surface area (Å²) < 4.78 is 5.59. The topological polar surface area (TPSA) is 61.8 Å². The van der Waals surface area contributed by atoms with Gasteiger partial charge >= 0.3 is 0 Å². The number of nitrogens with zero attached hydrogens (tertiary/aromatic N) is 1. The predicted octanol–water partition coefficient (Wildman–Crippen LogP) is 1.33. The minimum Gasteiger partial charge on any atom is -0.493 e. The van der Waals surface area contributed by atoms with Crippen molar-refractivity contribution in [1.29, 1.82) is 0 Å². The van der Waals surface area contributed by atoms with Crippen LogP contribution in [0.4, 0.5) is 0 Å². The summed E-state index contributed by atoms with van der Waals surface area (Å²) >= 11 is 0. The van der Waals surface area contributed by atoms with Crippen molar-refractivity contribution in [1.82, 2.24) is 10.2 Å². The molecule has 1 aliphatic rings. The smallest absolute Gasteiger partial charge is 0.234 e. The summed E-state index contributed by atoms with van der Waals surface area (Å²) in [5.41, 5.74) is 1.05. The highest BCUT2D eigenvalue weighted by Gasteiger charge is 2.22. The van der Waals surface area contributed by atoms with E-state index >= 15 is 0 Å².